The Labute approximate surface area is 128 Å². The average Bonchev–Trinajstić information content (AvgIpc) is 2.49. The first-order chi connectivity index (χ1) is 10.1. The molecule has 3 heteroatoms. The van der Waals surface area contributed by atoms with Gasteiger partial charge < -0.3 is 15.5 Å². The molecule has 0 saturated heterocycles. The summed E-state index contributed by atoms with van der Waals surface area (Å²) in [5.41, 5.74) is 2.25. The Bertz CT molecular complexity index is 416. The van der Waals surface area contributed by atoms with Gasteiger partial charge in [0.05, 0.1) is 12.2 Å². The molecule has 21 heavy (non-hydrogen) atoms. The molecule has 0 heterocycles. The van der Waals surface area contributed by atoms with Crippen molar-refractivity contribution in [3.05, 3.63) is 35.4 Å². The zero-order chi connectivity index (χ0) is 15.2. The van der Waals surface area contributed by atoms with Crippen LogP contribution in [-0.4, -0.2) is 29.4 Å². The number of hydrogen-bond donors (Lipinski definition) is 3. The van der Waals surface area contributed by atoms with Crippen molar-refractivity contribution in [1.82, 2.24) is 5.32 Å². The second-order valence-electron chi connectivity index (χ2n) is 6.61. The summed E-state index contributed by atoms with van der Waals surface area (Å²) in [5.74, 6) is 0.858. The first kappa shape index (κ1) is 16.5. The van der Waals surface area contributed by atoms with Crippen LogP contribution in [0.1, 0.15) is 62.7 Å². The van der Waals surface area contributed by atoms with Crippen molar-refractivity contribution in [3.63, 3.8) is 0 Å². The fraction of sp³-hybridized carbons (Fsp3) is 0.667. The molecule has 1 saturated carbocycles. The van der Waals surface area contributed by atoms with Gasteiger partial charge in [-0.25, -0.2) is 0 Å². The number of aliphatic hydroxyl groups excluding tert-OH is 2. The number of nitrogens with one attached hydrogen (secondary N) is 1. The second kappa shape index (κ2) is 7.92. The topological polar surface area (TPSA) is 52.5 Å². The lowest BCUT2D eigenvalue weighted by Crippen LogP contribution is -2.35. The molecule has 0 amide bonds. The molecule has 3 atom stereocenters. The third-order valence-electron chi connectivity index (χ3n) is 4.60. The zero-order valence-electron chi connectivity index (χ0n) is 13.3. The molecule has 1 fully saturated rings. The Hall–Kier alpha value is -0.900. The minimum atomic E-state index is -0.480. The number of rotatable bonds is 6. The molecule has 1 aliphatic rings. The van der Waals surface area contributed by atoms with Crippen molar-refractivity contribution < 1.29 is 10.2 Å². The van der Waals surface area contributed by atoms with Crippen LogP contribution in [0.25, 0.3) is 0 Å². The molecule has 118 valence electrons. The van der Waals surface area contributed by atoms with Gasteiger partial charge in [-0.15, -0.1) is 0 Å². The highest BCUT2D eigenvalue weighted by molar-refractivity contribution is 5.26. The summed E-state index contributed by atoms with van der Waals surface area (Å²) in [6.45, 7) is 5.68. The Morgan fingerprint density at radius 3 is 2.33 bits per heavy atom. The normalized spacial score (nSPS) is 24.2. The van der Waals surface area contributed by atoms with E-state index in [0.717, 1.165) is 31.4 Å². The van der Waals surface area contributed by atoms with Gasteiger partial charge in [0, 0.05) is 13.1 Å². The highest BCUT2D eigenvalue weighted by Gasteiger charge is 2.22. The van der Waals surface area contributed by atoms with Crippen LogP contribution in [0.5, 0.6) is 0 Å². The summed E-state index contributed by atoms with van der Waals surface area (Å²) in [4.78, 5) is 0. The van der Waals surface area contributed by atoms with Crippen LogP contribution in [0.3, 0.4) is 0 Å². The van der Waals surface area contributed by atoms with Crippen LogP contribution >= 0.6 is 0 Å². The summed E-state index contributed by atoms with van der Waals surface area (Å²) < 4.78 is 0. The zero-order valence-corrected chi connectivity index (χ0v) is 13.3. The maximum atomic E-state index is 10.2. The van der Waals surface area contributed by atoms with Crippen molar-refractivity contribution in [3.8, 4) is 0 Å². The van der Waals surface area contributed by atoms with E-state index in [-0.39, 0.29) is 6.10 Å². The van der Waals surface area contributed by atoms with Crippen molar-refractivity contribution in [2.75, 3.05) is 13.1 Å². The SMILES string of the molecule is CC(C)c1ccc(C(O)CNCC2CCCCC2O)cc1. The van der Waals surface area contributed by atoms with Crippen molar-refractivity contribution >= 4 is 0 Å². The molecule has 0 aliphatic heterocycles. The number of benzene rings is 1. The minimum absolute atomic E-state index is 0.172. The fourth-order valence-electron chi connectivity index (χ4n) is 3.05. The van der Waals surface area contributed by atoms with E-state index < -0.39 is 6.10 Å². The third-order valence-corrected chi connectivity index (χ3v) is 4.60. The van der Waals surface area contributed by atoms with Gasteiger partial charge >= 0.3 is 0 Å². The highest BCUT2D eigenvalue weighted by Crippen LogP contribution is 2.24. The van der Waals surface area contributed by atoms with Crippen molar-refractivity contribution in [2.24, 2.45) is 5.92 Å². The molecule has 0 radical (unpaired) electrons. The molecule has 0 aromatic heterocycles. The summed E-state index contributed by atoms with van der Waals surface area (Å²) in [6, 6.07) is 8.20. The molecular weight excluding hydrogens is 262 g/mol. The summed E-state index contributed by atoms with van der Waals surface area (Å²) in [5, 5.41) is 23.5. The lowest BCUT2D eigenvalue weighted by molar-refractivity contribution is 0.0669. The maximum absolute atomic E-state index is 10.2. The van der Waals surface area contributed by atoms with E-state index in [4.69, 9.17) is 0 Å². The van der Waals surface area contributed by atoms with Crippen LogP contribution in [0.2, 0.25) is 0 Å². The highest BCUT2D eigenvalue weighted by atomic mass is 16.3. The van der Waals surface area contributed by atoms with Crippen LogP contribution in [0.4, 0.5) is 0 Å². The second-order valence-corrected chi connectivity index (χ2v) is 6.61. The smallest absolute Gasteiger partial charge is 0.0914 e. The van der Waals surface area contributed by atoms with Crippen LogP contribution in [-0.2, 0) is 0 Å². The third kappa shape index (κ3) is 4.80. The molecule has 1 aromatic rings. The molecular formula is C18H29NO2. The van der Waals surface area contributed by atoms with E-state index in [9.17, 15) is 10.2 Å². The monoisotopic (exact) mass is 291 g/mol. The van der Waals surface area contributed by atoms with Crippen LogP contribution in [0, 0.1) is 5.92 Å². The summed E-state index contributed by atoms with van der Waals surface area (Å²) in [7, 11) is 0. The van der Waals surface area contributed by atoms with Gasteiger partial charge in [0.25, 0.3) is 0 Å². The van der Waals surface area contributed by atoms with E-state index in [0.29, 0.717) is 18.4 Å². The fourth-order valence-corrected chi connectivity index (χ4v) is 3.05. The molecule has 3 nitrogen and oxygen atoms in total. The largest absolute Gasteiger partial charge is 0.393 e. The van der Waals surface area contributed by atoms with Gasteiger partial charge in [0.1, 0.15) is 0 Å². The Kier molecular flexibility index (Phi) is 6.22. The van der Waals surface area contributed by atoms with Gasteiger partial charge in [-0.1, -0.05) is 51.0 Å². The molecule has 1 aromatic carbocycles. The maximum Gasteiger partial charge on any atom is 0.0914 e. The van der Waals surface area contributed by atoms with Gasteiger partial charge in [-0.3, -0.25) is 0 Å². The lowest BCUT2D eigenvalue weighted by Gasteiger charge is -2.28. The van der Waals surface area contributed by atoms with E-state index >= 15 is 0 Å². The first-order valence-electron chi connectivity index (χ1n) is 8.24. The quantitative estimate of drug-likeness (QED) is 0.755. The van der Waals surface area contributed by atoms with Gasteiger partial charge in [0.15, 0.2) is 0 Å². The molecule has 0 spiro atoms. The minimum Gasteiger partial charge on any atom is -0.393 e. The number of aliphatic hydroxyl groups is 2. The molecule has 3 N–H and O–H groups in total. The van der Waals surface area contributed by atoms with E-state index in [1.807, 2.05) is 12.1 Å². The predicted octanol–water partition coefficient (Wildman–Crippen LogP) is 2.98. The first-order valence-corrected chi connectivity index (χ1v) is 8.24. The van der Waals surface area contributed by atoms with Crippen LogP contribution < -0.4 is 5.32 Å². The van der Waals surface area contributed by atoms with Gasteiger partial charge in [-0.2, -0.15) is 0 Å². The number of hydrogen-bond acceptors (Lipinski definition) is 3. The van der Waals surface area contributed by atoms with E-state index in [2.05, 4.69) is 31.3 Å². The Morgan fingerprint density at radius 1 is 1.10 bits per heavy atom. The van der Waals surface area contributed by atoms with Crippen molar-refractivity contribution in [1.29, 1.82) is 0 Å². The van der Waals surface area contributed by atoms with Gasteiger partial charge in [-0.05, 0) is 35.8 Å². The van der Waals surface area contributed by atoms with E-state index in [1.165, 1.54) is 12.0 Å². The predicted molar refractivity (Wildman–Crippen MR) is 86.3 cm³/mol. The summed E-state index contributed by atoms with van der Waals surface area (Å²) in [6.07, 6.45) is 3.71. The molecule has 2 rings (SSSR count). The van der Waals surface area contributed by atoms with Crippen molar-refractivity contribution in [2.45, 2.75) is 57.7 Å². The summed E-state index contributed by atoms with van der Waals surface area (Å²) >= 11 is 0. The molecule has 0 bridgehead atoms. The average molecular weight is 291 g/mol. The molecule has 1 aliphatic carbocycles. The lowest BCUT2D eigenvalue weighted by atomic mass is 9.86. The van der Waals surface area contributed by atoms with E-state index in [1.54, 1.807) is 0 Å². The van der Waals surface area contributed by atoms with Gasteiger partial charge in [0.2, 0.25) is 0 Å². The standard InChI is InChI=1S/C18H29NO2/c1-13(2)14-7-9-15(10-8-14)18(21)12-19-11-16-5-3-4-6-17(16)20/h7-10,13,16-21H,3-6,11-12H2,1-2H3. The van der Waals surface area contributed by atoms with Crippen LogP contribution in [0.15, 0.2) is 24.3 Å². The molecule has 3 unspecified atom stereocenters. The Balaban J connectivity index is 1.77. The Morgan fingerprint density at radius 2 is 1.71 bits per heavy atom.